The molecule has 0 aromatic heterocycles. The number of fused-ring (bicyclic) bond motifs is 2. The summed E-state index contributed by atoms with van der Waals surface area (Å²) in [5, 5.41) is 0. The summed E-state index contributed by atoms with van der Waals surface area (Å²) in [6.45, 7) is 8.41. The molecule has 1 fully saturated rings. The minimum Gasteiger partial charge on any atom is -0.302 e. The average Bonchev–Trinajstić information content (AvgIpc) is 3.01. The number of benzene rings is 2. The molecule has 2 aromatic carbocycles. The Labute approximate surface area is 158 Å². The van der Waals surface area contributed by atoms with Crippen LogP contribution in [-0.4, -0.2) is 42.5 Å². The standard InChI is InChI=1S/C24H32N2/c1-2-3-15-25-16-8-17-26(19-18-25)24-22-11-6-4-9-20(22)13-14-21-10-5-7-12-23(21)24/h4-7,9-12,24H,2-3,8,13-19H2,1H3. The maximum atomic E-state index is 2.76. The molecule has 1 heterocycles. The van der Waals surface area contributed by atoms with E-state index >= 15 is 0 Å². The van der Waals surface area contributed by atoms with E-state index in [0.717, 1.165) is 0 Å². The predicted molar refractivity (Wildman–Crippen MR) is 110 cm³/mol. The van der Waals surface area contributed by atoms with Crippen molar-refractivity contribution in [1.29, 1.82) is 0 Å². The highest BCUT2D eigenvalue weighted by atomic mass is 15.2. The first-order valence-electron chi connectivity index (χ1n) is 10.5. The van der Waals surface area contributed by atoms with Crippen molar-refractivity contribution in [3.63, 3.8) is 0 Å². The third-order valence-electron chi connectivity index (χ3n) is 6.18. The van der Waals surface area contributed by atoms with Crippen LogP contribution in [0.4, 0.5) is 0 Å². The molecule has 0 radical (unpaired) electrons. The van der Waals surface area contributed by atoms with Crippen LogP contribution in [0.5, 0.6) is 0 Å². The van der Waals surface area contributed by atoms with Crippen LogP contribution in [-0.2, 0) is 12.8 Å². The molecule has 0 bridgehead atoms. The molecule has 2 aliphatic rings. The second-order valence-corrected chi connectivity index (χ2v) is 7.88. The normalized spacial score (nSPS) is 19.4. The SMILES string of the molecule is CCCCN1CCCN(C2c3ccccc3CCc3ccccc32)CC1. The van der Waals surface area contributed by atoms with E-state index in [2.05, 4.69) is 65.3 Å². The van der Waals surface area contributed by atoms with Crippen molar-refractivity contribution in [1.82, 2.24) is 9.80 Å². The molecule has 2 nitrogen and oxygen atoms in total. The Balaban J connectivity index is 1.64. The van der Waals surface area contributed by atoms with Crippen LogP contribution in [0.3, 0.4) is 0 Å². The first-order chi connectivity index (χ1) is 12.9. The Morgan fingerprint density at radius 2 is 1.46 bits per heavy atom. The Morgan fingerprint density at radius 1 is 0.808 bits per heavy atom. The molecule has 0 spiro atoms. The van der Waals surface area contributed by atoms with E-state index in [-0.39, 0.29) is 0 Å². The summed E-state index contributed by atoms with van der Waals surface area (Å²) in [6, 6.07) is 18.7. The number of unbranched alkanes of at least 4 members (excludes halogenated alkanes) is 1. The van der Waals surface area contributed by atoms with E-state index in [4.69, 9.17) is 0 Å². The Bertz CT molecular complexity index is 676. The van der Waals surface area contributed by atoms with Crippen LogP contribution in [0.1, 0.15) is 54.5 Å². The lowest BCUT2D eigenvalue weighted by atomic mass is 9.93. The predicted octanol–water partition coefficient (Wildman–Crippen LogP) is 4.68. The van der Waals surface area contributed by atoms with Gasteiger partial charge in [0, 0.05) is 19.6 Å². The second kappa shape index (κ2) is 8.37. The summed E-state index contributed by atoms with van der Waals surface area (Å²) >= 11 is 0. The van der Waals surface area contributed by atoms with Gasteiger partial charge in [0.05, 0.1) is 6.04 Å². The van der Waals surface area contributed by atoms with Gasteiger partial charge in [-0.2, -0.15) is 0 Å². The fourth-order valence-corrected chi connectivity index (χ4v) is 4.74. The zero-order chi connectivity index (χ0) is 17.8. The van der Waals surface area contributed by atoms with Crippen molar-refractivity contribution in [2.24, 2.45) is 0 Å². The summed E-state index contributed by atoms with van der Waals surface area (Å²) in [4.78, 5) is 5.44. The van der Waals surface area contributed by atoms with Gasteiger partial charge < -0.3 is 4.90 Å². The fourth-order valence-electron chi connectivity index (χ4n) is 4.74. The van der Waals surface area contributed by atoms with Gasteiger partial charge in [0.2, 0.25) is 0 Å². The molecule has 2 aromatic rings. The number of hydrogen-bond acceptors (Lipinski definition) is 2. The van der Waals surface area contributed by atoms with Crippen molar-refractivity contribution in [2.45, 2.75) is 45.1 Å². The first-order valence-corrected chi connectivity index (χ1v) is 10.5. The third kappa shape index (κ3) is 3.72. The van der Waals surface area contributed by atoms with Crippen LogP contribution in [0.2, 0.25) is 0 Å². The van der Waals surface area contributed by atoms with Crippen LogP contribution >= 0.6 is 0 Å². The lowest BCUT2D eigenvalue weighted by Crippen LogP contribution is -2.34. The monoisotopic (exact) mass is 348 g/mol. The van der Waals surface area contributed by atoms with E-state index < -0.39 is 0 Å². The topological polar surface area (TPSA) is 6.48 Å². The first kappa shape index (κ1) is 17.8. The second-order valence-electron chi connectivity index (χ2n) is 7.88. The molecule has 1 saturated heterocycles. The summed E-state index contributed by atoms with van der Waals surface area (Å²) in [5.41, 5.74) is 6.17. The molecule has 2 heteroatoms. The van der Waals surface area contributed by atoms with E-state index in [1.807, 2.05) is 0 Å². The Hall–Kier alpha value is -1.64. The molecule has 0 atom stereocenters. The largest absolute Gasteiger partial charge is 0.302 e. The average molecular weight is 349 g/mol. The minimum absolute atomic E-state index is 0.427. The zero-order valence-corrected chi connectivity index (χ0v) is 16.2. The zero-order valence-electron chi connectivity index (χ0n) is 16.2. The van der Waals surface area contributed by atoms with E-state index in [9.17, 15) is 0 Å². The van der Waals surface area contributed by atoms with Crippen LogP contribution in [0.15, 0.2) is 48.5 Å². The van der Waals surface area contributed by atoms with Crippen molar-refractivity contribution in [3.05, 3.63) is 70.8 Å². The molecular weight excluding hydrogens is 316 g/mol. The number of rotatable bonds is 4. The van der Waals surface area contributed by atoms with Gasteiger partial charge in [-0.1, -0.05) is 61.9 Å². The third-order valence-corrected chi connectivity index (χ3v) is 6.18. The number of aryl methyl sites for hydroxylation is 2. The quantitative estimate of drug-likeness (QED) is 0.791. The number of nitrogens with zero attached hydrogens (tertiary/aromatic N) is 2. The fraction of sp³-hybridized carbons (Fsp3) is 0.500. The molecule has 138 valence electrons. The maximum absolute atomic E-state index is 2.76. The van der Waals surface area contributed by atoms with Crippen LogP contribution in [0, 0.1) is 0 Å². The van der Waals surface area contributed by atoms with Gasteiger partial charge >= 0.3 is 0 Å². The molecule has 1 aliphatic carbocycles. The van der Waals surface area contributed by atoms with E-state index in [1.54, 1.807) is 22.3 Å². The van der Waals surface area contributed by atoms with Crippen LogP contribution in [0.25, 0.3) is 0 Å². The molecular formula is C24H32N2. The lowest BCUT2D eigenvalue weighted by Gasteiger charge is -2.32. The Kier molecular flexibility index (Phi) is 5.72. The number of hydrogen-bond donors (Lipinski definition) is 0. The van der Waals surface area contributed by atoms with Gasteiger partial charge in [0.15, 0.2) is 0 Å². The highest BCUT2D eigenvalue weighted by molar-refractivity contribution is 5.44. The Morgan fingerprint density at radius 3 is 2.12 bits per heavy atom. The molecule has 0 amide bonds. The maximum Gasteiger partial charge on any atom is 0.0607 e. The van der Waals surface area contributed by atoms with Gasteiger partial charge in [-0.15, -0.1) is 0 Å². The highest BCUT2D eigenvalue weighted by Crippen LogP contribution is 2.37. The van der Waals surface area contributed by atoms with E-state index in [0.29, 0.717) is 6.04 Å². The van der Waals surface area contributed by atoms with Crippen LogP contribution < -0.4 is 0 Å². The smallest absolute Gasteiger partial charge is 0.0607 e. The van der Waals surface area contributed by atoms with Gasteiger partial charge in [-0.05, 0) is 61.0 Å². The van der Waals surface area contributed by atoms with Gasteiger partial charge in [0.1, 0.15) is 0 Å². The molecule has 0 N–H and O–H groups in total. The summed E-state index contributed by atoms with van der Waals surface area (Å²) < 4.78 is 0. The molecule has 0 unspecified atom stereocenters. The molecule has 26 heavy (non-hydrogen) atoms. The van der Waals surface area contributed by atoms with E-state index in [1.165, 1.54) is 64.8 Å². The lowest BCUT2D eigenvalue weighted by molar-refractivity contribution is 0.221. The molecule has 4 rings (SSSR count). The molecule has 0 saturated carbocycles. The van der Waals surface area contributed by atoms with Crippen molar-refractivity contribution in [2.75, 3.05) is 32.7 Å². The van der Waals surface area contributed by atoms with Gasteiger partial charge in [-0.25, -0.2) is 0 Å². The van der Waals surface area contributed by atoms with Gasteiger partial charge in [-0.3, -0.25) is 4.90 Å². The summed E-state index contributed by atoms with van der Waals surface area (Å²) in [7, 11) is 0. The van der Waals surface area contributed by atoms with Crippen molar-refractivity contribution < 1.29 is 0 Å². The van der Waals surface area contributed by atoms with Gasteiger partial charge in [0.25, 0.3) is 0 Å². The summed E-state index contributed by atoms with van der Waals surface area (Å²) in [5.74, 6) is 0. The minimum atomic E-state index is 0.427. The highest BCUT2D eigenvalue weighted by Gasteiger charge is 2.29. The molecule has 1 aliphatic heterocycles. The van der Waals surface area contributed by atoms with Crippen molar-refractivity contribution in [3.8, 4) is 0 Å². The summed E-state index contributed by atoms with van der Waals surface area (Å²) in [6.07, 6.45) is 6.24. The van der Waals surface area contributed by atoms with Crippen molar-refractivity contribution >= 4 is 0 Å².